The summed E-state index contributed by atoms with van der Waals surface area (Å²) in [6, 6.07) is 0. The first-order valence-corrected chi connectivity index (χ1v) is 9.95. The van der Waals surface area contributed by atoms with Crippen LogP contribution in [0.4, 0.5) is 0 Å². The average Bonchev–Trinajstić information content (AvgIpc) is 3.33. The largest absolute Gasteiger partial charge is 0.454 e. The molecule has 6 heteroatoms. The van der Waals surface area contributed by atoms with Gasteiger partial charge in [0.15, 0.2) is 23.8 Å². The molecule has 6 nitrogen and oxygen atoms in total. The summed E-state index contributed by atoms with van der Waals surface area (Å²) in [6.45, 7) is 6.67. The molecule has 2 fully saturated rings. The first-order chi connectivity index (χ1) is 12.8. The summed E-state index contributed by atoms with van der Waals surface area (Å²) in [7, 11) is 0. The van der Waals surface area contributed by atoms with Gasteiger partial charge in [-0.15, -0.1) is 0 Å². The maximum atomic E-state index is 12.2. The first kappa shape index (κ1) is 21.3. The molecule has 0 spiro atoms. The minimum atomic E-state index is -0.851. The molecule has 0 bridgehead atoms. The lowest BCUT2D eigenvalue weighted by atomic mass is 9.99. The summed E-state index contributed by atoms with van der Waals surface area (Å²) in [4.78, 5) is 48.5. The predicted molar refractivity (Wildman–Crippen MR) is 98.8 cm³/mol. The number of ether oxygens (including phenoxy) is 2. The Morgan fingerprint density at radius 3 is 1.67 bits per heavy atom. The Morgan fingerprint density at radius 2 is 1.22 bits per heavy atom. The summed E-state index contributed by atoms with van der Waals surface area (Å²) in [5.41, 5.74) is -0.0772. The summed E-state index contributed by atoms with van der Waals surface area (Å²) in [6.07, 6.45) is 5.41. The van der Waals surface area contributed by atoms with Crippen LogP contribution >= 0.6 is 0 Å². The second-order valence-electron chi connectivity index (χ2n) is 7.73. The van der Waals surface area contributed by atoms with Gasteiger partial charge in [-0.2, -0.15) is 0 Å². The van der Waals surface area contributed by atoms with Gasteiger partial charge in [-0.3, -0.25) is 14.4 Å². The van der Waals surface area contributed by atoms with E-state index in [9.17, 15) is 19.2 Å². The first-order valence-electron chi connectivity index (χ1n) is 9.95. The van der Waals surface area contributed by atoms with E-state index in [4.69, 9.17) is 9.47 Å². The quantitative estimate of drug-likeness (QED) is 0.452. The highest BCUT2D eigenvalue weighted by atomic mass is 16.6. The van der Waals surface area contributed by atoms with Gasteiger partial charge in [0.05, 0.1) is 6.42 Å². The lowest BCUT2D eigenvalue weighted by molar-refractivity contribution is -0.157. The Labute approximate surface area is 160 Å². The number of carbonyl (C=O) groups excluding carboxylic acids is 4. The molecular weight excluding hydrogens is 348 g/mol. The fourth-order valence-corrected chi connectivity index (χ4v) is 3.93. The number of hydrogen-bond acceptors (Lipinski definition) is 6. The Hall–Kier alpha value is -1.98. The van der Waals surface area contributed by atoms with E-state index in [0.717, 1.165) is 51.4 Å². The molecule has 2 unspecified atom stereocenters. The number of ketones is 2. The molecular formula is C21H30O6. The molecule has 0 radical (unpaired) electrons. The second-order valence-corrected chi connectivity index (χ2v) is 7.73. The summed E-state index contributed by atoms with van der Waals surface area (Å²) in [5, 5.41) is 0. The van der Waals surface area contributed by atoms with Gasteiger partial charge in [0.1, 0.15) is 0 Å². The van der Waals surface area contributed by atoms with Crippen LogP contribution in [-0.4, -0.2) is 35.7 Å². The van der Waals surface area contributed by atoms with E-state index in [2.05, 4.69) is 6.58 Å². The molecule has 0 saturated heterocycles. The fraction of sp³-hybridized carbons (Fsp3) is 0.714. The third-order valence-corrected chi connectivity index (χ3v) is 5.55. The van der Waals surface area contributed by atoms with E-state index >= 15 is 0 Å². The molecule has 0 heterocycles. The molecule has 0 aromatic rings. The van der Waals surface area contributed by atoms with Gasteiger partial charge in [-0.05, 0) is 39.5 Å². The number of carbonyl (C=O) groups is 4. The number of hydrogen-bond donors (Lipinski definition) is 0. The third kappa shape index (κ3) is 6.01. The van der Waals surface area contributed by atoms with Crippen LogP contribution in [0.3, 0.4) is 0 Å². The van der Waals surface area contributed by atoms with Gasteiger partial charge in [0.2, 0.25) is 0 Å². The molecule has 27 heavy (non-hydrogen) atoms. The molecule has 0 aromatic heterocycles. The molecule has 0 aromatic carbocycles. The topological polar surface area (TPSA) is 86.7 Å². The Kier molecular flexibility index (Phi) is 7.75. The summed E-state index contributed by atoms with van der Waals surface area (Å²) < 4.78 is 10.3. The van der Waals surface area contributed by atoms with Gasteiger partial charge in [-0.1, -0.05) is 32.3 Å². The number of rotatable bonds is 9. The maximum Gasteiger partial charge on any atom is 0.334 e. The normalized spacial score (nSPS) is 20.1. The zero-order valence-corrected chi connectivity index (χ0v) is 16.3. The van der Waals surface area contributed by atoms with Crippen molar-refractivity contribution in [3.8, 4) is 0 Å². The Bertz CT molecular complexity index is 596. The third-order valence-electron chi connectivity index (χ3n) is 5.55. The molecule has 0 amide bonds. The molecule has 2 aliphatic carbocycles. The van der Waals surface area contributed by atoms with Crippen LogP contribution in [0.5, 0.6) is 0 Å². The SMILES string of the molecule is C=C(CC(=O)OC(C)C(=O)C1CCCC1)C(=O)OC(C)C(=O)C1CCCC1. The van der Waals surface area contributed by atoms with Crippen molar-refractivity contribution < 1.29 is 28.7 Å². The number of Topliss-reactive ketones (excluding diaryl/α,β-unsaturated/α-hetero) is 2. The number of esters is 2. The van der Waals surface area contributed by atoms with Gasteiger partial charge < -0.3 is 9.47 Å². The molecule has 2 atom stereocenters. The van der Waals surface area contributed by atoms with Crippen molar-refractivity contribution in [2.75, 3.05) is 0 Å². The Balaban J connectivity index is 1.75. The van der Waals surface area contributed by atoms with Crippen molar-refractivity contribution in [1.82, 2.24) is 0 Å². The Morgan fingerprint density at radius 1 is 0.815 bits per heavy atom. The highest BCUT2D eigenvalue weighted by Crippen LogP contribution is 2.28. The van der Waals surface area contributed by atoms with Crippen LogP contribution < -0.4 is 0 Å². The van der Waals surface area contributed by atoms with Crippen molar-refractivity contribution in [3.05, 3.63) is 12.2 Å². The predicted octanol–water partition coefficient (Wildman–Crippen LogP) is 3.31. The minimum Gasteiger partial charge on any atom is -0.454 e. The van der Waals surface area contributed by atoms with Crippen molar-refractivity contribution in [2.45, 2.75) is 83.8 Å². The molecule has 0 N–H and O–H groups in total. The zero-order valence-electron chi connectivity index (χ0n) is 16.3. The molecule has 2 saturated carbocycles. The van der Waals surface area contributed by atoms with Crippen LogP contribution in [0.2, 0.25) is 0 Å². The van der Waals surface area contributed by atoms with Crippen molar-refractivity contribution in [1.29, 1.82) is 0 Å². The fourth-order valence-electron chi connectivity index (χ4n) is 3.93. The van der Waals surface area contributed by atoms with Gasteiger partial charge in [0, 0.05) is 17.4 Å². The summed E-state index contributed by atoms with van der Waals surface area (Å²) in [5.74, 6) is -1.69. The van der Waals surface area contributed by atoms with Crippen molar-refractivity contribution in [2.24, 2.45) is 11.8 Å². The lowest BCUT2D eigenvalue weighted by Gasteiger charge is -2.18. The van der Waals surface area contributed by atoms with E-state index in [0.29, 0.717) is 0 Å². The average molecular weight is 378 g/mol. The van der Waals surface area contributed by atoms with Gasteiger partial charge in [0.25, 0.3) is 0 Å². The van der Waals surface area contributed by atoms with Crippen LogP contribution in [0.1, 0.15) is 71.6 Å². The zero-order chi connectivity index (χ0) is 20.0. The highest BCUT2D eigenvalue weighted by molar-refractivity contribution is 5.96. The molecule has 150 valence electrons. The van der Waals surface area contributed by atoms with E-state index < -0.39 is 24.1 Å². The minimum absolute atomic E-state index is 0.0385. The van der Waals surface area contributed by atoms with E-state index in [1.54, 1.807) is 13.8 Å². The molecule has 0 aliphatic heterocycles. The monoisotopic (exact) mass is 378 g/mol. The molecule has 2 aliphatic rings. The standard InChI is InChI=1S/C21H30O6/c1-13(21(25)27-15(3)20(24)17-10-6-7-11-17)12-18(22)26-14(2)19(23)16-8-4-5-9-16/h14-17H,1,4-12H2,2-3H3. The highest BCUT2D eigenvalue weighted by Gasteiger charge is 2.31. The van der Waals surface area contributed by atoms with Crippen LogP contribution in [-0.2, 0) is 28.7 Å². The van der Waals surface area contributed by atoms with Gasteiger partial charge in [-0.25, -0.2) is 4.79 Å². The van der Waals surface area contributed by atoms with Gasteiger partial charge >= 0.3 is 11.9 Å². The van der Waals surface area contributed by atoms with Crippen molar-refractivity contribution in [3.63, 3.8) is 0 Å². The second kappa shape index (κ2) is 9.81. The maximum absolute atomic E-state index is 12.2. The van der Waals surface area contributed by atoms with E-state index in [1.165, 1.54) is 0 Å². The summed E-state index contributed by atoms with van der Waals surface area (Å²) >= 11 is 0. The van der Waals surface area contributed by atoms with E-state index in [1.807, 2.05) is 0 Å². The van der Waals surface area contributed by atoms with Crippen LogP contribution in [0.25, 0.3) is 0 Å². The van der Waals surface area contributed by atoms with Crippen LogP contribution in [0.15, 0.2) is 12.2 Å². The lowest BCUT2D eigenvalue weighted by Crippen LogP contribution is -2.31. The van der Waals surface area contributed by atoms with Crippen LogP contribution in [0, 0.1) is 11.8 Å². The smallest absolute Gasteiger partial charge is 0.334 e. The molecule has 2 rings (SSSR count). The van der Waals surface area contributed by atoms with E-state index in [-0.39, 0.29) is 35.4 Å². The van der Waals surface area contributed by atoms with Crippen molar-refractivity contribution >= 4 is 23.5 Å².